The molecule has 3 nitrogen and oxygen atoms in total. The van der Waals surface area contributed by atoms with E-state index in [4.69, 9.17) is 10.5 Å². The second-order valence-corrected chi connectivity index (χ2v) is 4.39. The van der Waals surface area contributed by atoms with Crippen LogP contribution in [0.2, 0.25) is 0 Å². The highest BCUT2D eigenvalue weighted by Crippen LogP contribution is 2.30. The number of rotatable bonds is 0. The quantitative estimate of drug-likeness (QED) is 0.699. The van der Waals surface area contributed by atoms with E-state index in [1.165, 1.54) is 0 Å². The average Bonchev–Trinajstić information content (AvgIpc) is 2.16. The van der Waals surface area contributed by atoms with E-state index in [2.05, 4.69) is 0 Å². The van der Waals surface area contributed by atoms with Crippen LogP contribution in [0.1, 0.15) is 37.5 Å². The fourth-order valence-corrected chi connectivity index (χ4v) is 1.24. The van der Waals surface area contributed by atoms with Gasteiger partial charge in [-0.25, -0.2) is 0 Å². The third-order valence-electron chi connectivity index (χ3n) is 2.22. The van der Waals surface area contributed by atoms with Crippen LogP contribution < -0.4 is 0 Å². The lowest BCUT2D eigenvalue weighted by Crippen LogP contribution is -2.11. The van der Waals surface area contributed by atoms with Crippen molar-refractivity contribution in [2.45, 2.75) is 26.2 Å². The van der Waals surface area contributed by atoms with Gasteiger partial charge in [-0.15, -0.1) is 0 Å². The highest BCUT2D eigenvalue weighted by atomic mass is 16.3. The topological polar surface area (TPSA) is 67.8 Å². The van der Waals surface area contributed by atoms with Gasteiger partial charge in [-0.2, -0.15) is 10.5 Å². The Morgan fingerprint density at radius 1 is 1.07 bits per heavy atom. The lowest BCUT2D eigenvalue weighted by atomic mass is 9.85. The van der Waals surface area contributed by atoms with Crippen LogP contribution in [0.25, 0.3) is 0 Å². The molecule has 15 heavy (non-hydrogen) atoms. The van der Waals surface area contributed by atoms with Crippen molar-refractivity contribution in [3.05, 3.63) is 28.8 Å². The normalized spacial score (nSPS) is 10.5. The standard InChI is InChI=1S/C12H12N2O/c1-12(2,3)10-4-8(6-13)11(15)9(5-10)7-14/h4-5,15H,1-3H3. The molecular weight excluding hydrogens is 188 g/mol. The lowest BCUT2D eigenvalue weighted by Gasteiger charge is -2.19. The summed E-state index contributed by atoms with van der Waals surface area (Å²) in [5, 5.41) is 27.2. The summed E-state index contributed by atoms with van der Waals surface area (Å²) in [4.78, 5) is 0. The van der Waals surface area contributed by atoms with E-state index in [1.54, 1.807) is 12.1 Å². The van der Waals surface area contributed by atoms with Crippen LogP contribution >= 0.6 is 0 Å². The first-order valence-electron chi connectivity index (χ1n) is 4.58. The van der Waals surface area contributed by atoms with Gasteiger partial charge < -0.3 is 5.11 Å². The highest BCUT2D eigenvalue weighted by Gasteiger charge is 2.18. The van der Waals surface area contributed by atoms with Gasteiger partial charge >= 0.3 is 0 Å². The van der Waals surface area contributed by atoms with Crippen molar-refractivity contribution in [3.63, 3.8) is 0 Å². The molecular formula is C12H12N2O. The van der Waals surface area contributed by atoms with Gasteiger partial charge in [0.25, 0.3) is 0 Å². The first-order chi connectivity index (χ1) is 6.90. The van der Waals surface area contributed by atoms with Gasteiger partial charge in [0, 0.05) is 0 Å². The number of phenols is 1. The fourth-order valence-electron chi connectivity index (χ4n) is 1.24. The summed E-state index contributed by atoms with van der Waals surface area (Å²) in [6, 6.07) is 7.01. The first-order valence-corrected chi connectivity index (χ1v) is 4.58. The molecule has 0 bridgehead atoms. The average molecular weight is 200 g/mol. The maximum atomic E-state index is 9.53. The fraction of sp³-hybridized carbons (Fsp3) is 0.333. The molecule has 0 heterocycles. The van der Waals surface area contributed by atoms with Gasteiger partial charge in [0.05, 0.1) is 11.1 Å². The number of benzene rings is 1. The zero-order valence-corrected chi connectivity index (χ0v) is 9.00. The molecule has 0 saturated heterocycles. The van der Waals surface area contributed by atoms with E-state index in [-0.39, 0.29) is 22.3 Å². The molecule has 0 atom stereocenters. The molecule has 0 spiro atoms. The van der Waals surface area contributed by atoms with Gasteiger partial charge in [-0.1, -0.05) is 20.8 Å². The van der Waals surface area contributed by atoms with Crippen molar-refractivity contribution < 1.29 is 5.11 Å². The summed E-state index contributed by atoms with van der Waals surface area (Å²) in [5.41, 5.74) is 1.02. The van der Waals surface area contributed by atoms with Crippen molar-refractivity contribution in [2.75, 3.05) is 0 Å². The van der Waals surface area contributed by atoms with Crippen LogP contribution in [-0.2, 0) is 5.41 Å². The van der Waals surface area contributed by atoms with E-state index < -0.39 is 0 Å². The van der Waals surface area contributed by atoms with Crippen LogP contribution in [0.5, 0.6) is 5.75 Å². The Morgan fingerprint density at radius 3 is 1.73 bits per heavy atom. The van der Waals surface area contributed by atoms with Crippen LogP contribution in [0, 0.1) is 22.7 Å². The minimum Gasteiger partial charge on any atom is -0.505 e. The Labute approximate surface area is 89.2 Å². The zero-order valence-electron chi connectivity index (χ0n) is 9.00. The number of nitrogens with zero attached hydrogens (tertiary/aromatic N) is 2. The molecule has 0 saturated carbocycles. The van der Waals surface area contributed by atoms with Crippen LogP contribution in [0.4, 0.5) is 0 Å². The van der Waals surface area contributed by atoms with Gasteiger partial charge in [-0.05, 0) is 23.1 Å². The molecule has 3 heteroatoms. The summed E-state index contributed by atoms with van der Waals surface area (Å²) >= 11 is 0. The van der Waals surface area contributed by atoms with Gasteiger partial charge in [0.1, 0.15) is 12.1 Å². The zero-order chi connectivity index (χ0) is 11.6. The first kappa shape index (κ1) is 11.1. The van der Waals surface area contributed by atoms with Crippen molar-refractivity contribution >= 4 is 0 Å². The molecule has 1 N–H and O–H groups in total. The van der Waals surface area contributed by atoms with Gasteiger partial charge in [0.2, 0.25) is 0 Å². The number of aromatic hydroxyl groups is 1. The molecule has 0 amide bonds. The van der Waals surface area contributed by atoms with E-state index >= 15 is 0 Å². The summed E-state index contributed by atoms with van der Waals surface area (Å²) in [6.07, 6.45) is 0. The third-order valence-corrected chi connectivity index (χ3v) is 2.22. The Bertz CT molecular complexity index is 435. The molecule has 0 aliphatic carbocycles. The predicted molar refractivity (Wildman–Crippen MR) is 56.2 cm³/mol. The van der Waals surface area contributed by atoms with Gasteiger partial charge in [-0.3, -0.25) is 0 Å². The maximum Gasteiger partial charge on any atom is 0.151 e. The minimum atomic E-state index is -0.229. The smallest absolute Gasteiger partial charge is 0.151 e. The molecule has 0 aliphatic heterocycles. The Balaban J connectivity index is 3.51. The summed E-state index contributed by atoms with van der Waals surface area (Å²) in [7, 11) is 0. The number of hydrogen-bond donors (Lipinski definition) is 1. The molecule has 0 aliphatic rings. The Kier molecular flexibility index (Phi) is 2.68. The predicted octanol–water partition coefficient (Wildman–Crippen LogP) is 2.43. The van der Waals surface area contributed by atoms with E-state index in [1.807, 2.05) is 32.9 Å². The Hall–Kier alpha value is -2.00. The lowest BCUT2D eigenvalue weighted by molar-refractivity contribution is 0.470. The molecule has 1 aromatic carbocycles. The van der Waals surface area contributed by atoms with Gasteiger partial charge in [0.15, 0.2) is 5.75 Å². The second kappa shape index (κ2) is 3.63. The highest BCUT2D eigenvalue weighted by molar-refractivity contribution is 5.55. The SMILES string of the molecule is CC(C)(C)c1cc(C#N)c(O)c(C#N)c1. The number of phenolic OH excluding ortho intramolecular Hbond substituents is 1. The van der Waals surface area contributed by atoms with Crippen molar-refractivity contribution in [1.29, 1.82) is 10.5 Å². The third kappa shape index (κ3) is 2.08. The monoisotopic (exact) mass is 200 g/mol. The summed E-state index contributed by atoms with van der Waals surface area (Å²) < 4.78 is 0. The summed E-state index contributed by atoms with van der Waals surface area (Å²) in [6.45, 7) is 5.96. The molecule has 1 rings (SSSR count). The van der Waals surface area contributed by atoms with Crippen molar-refractivity contribution in [2.24, 2.45) is 0 Å². The largest absolute Gasteiger partial charge is 0.505 e. The molecule has 0 aromatic heterocycles. The number of nitriles is 2. The maximum absolute atomic E-state index is 9.53. The molecule has 0 radical (unpaired) electrons. The van der Waals surface area contributed by atoms with E-state index in [9.17, 15) is 5.11 Å². The molecule has 1 aromatic rings. The van der Waals surface area contributed by atoms with E-state index in [0.717, 1.165) is 5.56 Å². The van der Waals surface area contributed by atoms with Crippen molar-refractivity contribution in [1.82, 2.24) is 0 Å². The molecule has 76 valence electrons. The second-order valence-electron chi connectivity index (χ2n) is 4.39. The summed E-state index contributed by atoms with van der Waals surface area (Å²) in [5.74, 6) is -0.229. The van der Waals surface area contributed by atoms with Crippen molar-refractivity contribution in [3.8, 4) is 17.9 Å². The van der Waals surface area contributed by atoms with Crippen LogP contribution in [0.15, 0.2) is 12.1 Å². The van der Waals surface area contributed by atoms with Crippen LogP contribution in [-0.4, -0.2) is 5.11 Å². The van der Waals surface area contributed by atoms with E-state index in [0.29, 0.717) is 0 Å². The molecule has 0 unspecified atom stereocenters. The molecule has 0 fully saturated rings. The van der Waals surface area contributed by atoms with Crippen LogP contribution in [0.3, 0.4) is 0 Å². The number of hydrogen-bond acceptors (Lipinski definition) is 3. The Morgan fingerprint density at radius 2 is 1.47 bits per heavy atom. The minimum absolute atomic E-state index is 0.148.